The molecular weight excluding hydrogens is 316 g/mol. The standard InChI is InChI=1S/C17H17ClN2O3/c1-22-16-14(7-8-15(18)19-16)13-9-20(10-13)17(21)23-11-12-5-3-2-4-6-12/h2-8,13H,9-11H2,1H3. The summed E-state index contributed by atoms with van der Waals surface area (Å²) in [6.07, 6.45) is -0.300. The Labute approximate surface area is 139 Å². The molecule has 0 radical (unpaired) electrons. The Balaban J connectivity index is 1.53. The quantitative estimate of drug-likeness (QED) is 0.804. The average molecular weight is 333 g/mol. The molecule has 0 aliphatic carbocycles. The number of benzene rings is 1. The number of rotatable bonds is 4. The summed E-state index contributed by atoms with van der Waals surface area (Å²) in [4.78, 5) is 17.8. The summed E-state index contributed by atoms with van der Waals surface area (Å²) >= 11 is 5.86. The predicted molar refractivity (Wildman–Crippen MR) is 86.7 cm³/mol. The zero-order chi connectivity index (χ0) is 16.2. The van der Waals surface area contributed by atoms with E-state index >= 15 is 0 Å². The molecule has 0 bridgehead atoms. The van der Waals surface area contributed by atoms with Crippen LogP contribution in [0.25, 0.3) is 0 Å². The van der Waals surface area contributed by atoms with Crippen LogP contribution in [0.4, 0.5) is 4.79 Å². The Morgan fingerprint density at radius 2 is 2.00 bits per heavy atom. The van der Waals surface area contributed by atoms with Crippen LogP contribution in [0.15, 0.2) is 42.5 Å². The first-order chi connectivity index (χ1) is 11.2. The molecule has 5 nitrogen and oxygen atoms in total. The van der Waals surface area contributed by atoms with Gasteiger partial charge in [-0.15, -0.1) is 0 Å². The molecule has 6 heteroatoms. The van der Waals surface area contributed by atoms with Crippen LogP contribution >= 0.6 is 11.6 Å². The number of likely N-dealkylation sites (tertiary alicyclic amines) is 1. The topological polar surface area (TPSA) is 51.7 Å². The molecule has 0 unspecified atom stereocenters. The van der Waals surface area contributed by atoms with Crippen molar-refractivity contribution in [2.24, 2.45) is 0 Å². The number of carbonyl (C=O) groups excluding carboxylic acids is 1. The van der Waals surface area contributed by atoms with Gasteiger partial charge in [-0.2, -0.15) is 0 Å². The van der Waals surface area contributed by atoms with Crippen LogP contribution in [-0.2, 0) is 11.3 Å². The summed E-state index contributed by atoms with van der Waals surface area (Å²) in [7, 11) is 1.56. The van der Waals surface area contributed by atoms with Crippen LogP contribution in [0.2, 0.25) is 5.15 Å². The van der Waals surface area contributed by atoms with Crippen LogP contribution in [0.5, 0.6) is 5.88 Å². The van der Waals surface area contributed by atoms with Gasteiger partial charge in [0.1, 0.15) is 11.8 Å². The molecule has 1 aromatic heterocycles. The molecule has 0 saturated carbocycles. The Bertz CT molecular complexity index is 687. The summed E-state index contributed by atoms with van der Waals surface area (Å²) in [6, 6.07) is 13.2. The van der Waals surface area contributed by atoms with Gasteiger partial charge in [0, 0.05) is 24.6 Å². The van der Waals surface area contributed by atoms with Crippen molar-refractivity contribution in [1.82, 2.24) is 9.88 Å². The van der Waals surface area contributed by atoms with Gasteiger partial charge in [0.25, 0.3) is 0 Å². The minimum Gasteiger partial charge on any atom is -0.481 e. The maximum atomic E-state index is 12.0. The second-order valence-corrected chi connectivity index (χ2v) is 5.76. The second-order valence-electron chi connectivity index (χ2n) is 5.37. The molecule has 1 aliphatic heterocycles. The van der Waals surface area contributed by atoms with Gasteiger partial charge in [-0.05, 0) is 11.6 Å². The molecule has 1 fully saturated rings. The molecular formula is C17H17ClN2O3. The highest BCUT2D eigenvalue weighted by Crippen LogP contribution is 2.33. The summed E-state index contributed by atoms with van der Waals surface area (Å²) in [6.45, 7) is 1.47. The average Bonchev–Trinajstić information content (AvgIpc) is 2.53. The number of pyridine rings is 1. The number of hydrogen-bond donors (Lipinski definition) is 0. The maximum absolute atomic E-state index is 12.0. The van der Waals surface area contributed by atoms with Crippen molar-refractivity contribution in [2.45, 2.75) is 12.5 Å². The minimum absolute atomic E-state index is 0.194. The van der Waals surface area contributed by atoms with Gasteiger partial charge >= 0.3 is 6.09 Å². The zero-order valence-corrected chi connectivity index (χ0v) is 13.5. The lowest BCUT2D eigenvalue weighted by atomic mass is 9.93. The number of hydrogen-bond acceptors (Lipinski definition) is 4. The van der Waals surface area contributed by atoms with E-state index in [2.05, 4.69) is 4.98 Å². The third-order valence-electron chi connectivity index (χ3n) is 3.83. The van der Waals surface area contributed by atoms with Gasteiger partial charge in [0.15, 0.2) is 0 Å². The van der Waals surface area contributed by atoms with E-state index < -0.39 is 0 Å². The third kappa shape index (κ3) is 3.56. The van der Waals surface area contributed by atoms with Crippen LogP contribution in [0.1, 0.15) is 17.0 Å². The molecule has 1 aromatic carbocycles. The van der Waals surface area contributed by atoms with Crippen molar-refractivity contribution >= 4 is 17.7 Å². The smallest absolute Gasteiger partial charge is 0.410 e. The van der Waals surface area contributed by atoms with Crippen LogP contribution < -0.4 is 4.74 Å². The lowest BCUT2D eigenvalue weighted by Gasteiger charge is -2.38. The normalized spacial score (nSPS) is 14.3. The largest absolute Gasteiger partial charge is 0.481 e. The number of ether oxygens (including phenoxy) is 2. The van der Waals surface area contributed by atoms with Crippen molar-refractivity contribution in [2.75, 3.05) is 20.2 Å². The monoisotopic (exact) mass is 332 g/mol. The molecule has 0 spiro atoms. The van der Waals surface area contributed by atoms with Crippen molar-refractivity contribution in [3.8, 4) is 5.88 Å². The lowest BCUT2D eigenvalue weighted by molar-refractivity contribution is 0.0658. The number of amides is 1. The molecule has 23 heavy (non-hydrogen) atoms. The van der Waals surface area contributed by atoms with Crippen molar-refractivity contribution in [3.63, 3.8) is 0 Å². The van der Waals surface area contributed by atoms with Crippen molar-refractivity contribution in [1.29, 1.82) is 0 Å². The highest BCUT2D eigenvalue weighted by atomic mass is 35.5. The Morgan fingerprint density at radius 3 is 2.70 bits per heavy atom. The van der Waals surface area contributed by atoms with Gasteiger partial charge in [0.2, 0.25) is 5.88 Å². The number of carbonyl (C=O) groups is 1. The van der Waals surface area contributed by atoms with E-state index in [0.717, 1.165) is 11.1 Å². The molecule has 1 amide bonds. The van der Waals surface area contributed by atoms with E-state index in [0.29, 0.717) is 24.1 Å². The predicted octanol–water partition coefficient (Wildman–Crippen LogP) is 3.48. The molecule has 1 saturated heterocycles. The fourth-order valence-corrected chi connectivity index (χ4v) is 2.68. The van der Waals surface area contributed by atoms with Gasteiger partial charge in [-0.1, -0.05) is 48.0 Å². The van der Waals surface area contributed by atoms with E-state index in [1.165, 1.54) is 0 Å². The number of aromatic nitrogens is 1. The van der Waals surface area contributed by atoms with Crippen molar-refractivity contribution < 1.29 is 14.3 Å². The van der Waals surface area contributed by atoms with E-state index in [9.17, 15) is 4.79 Å². The summed E-state index contributed by atoms with van der Waals surface area (Å²) in [5.41, 5.74) is 1.94. The second kappa shape index (κ2) is 6.87. The lowest BCUT2D eigenvalue weighted by Crippen LogP contribution is -2.48. The SMILES string of the molecule is COc1nc(Cl)ccc1C1CN(C(=O)OCc2ccccc2)C1. The molecule has 120 valence electrons. The number of nitrogens with zero attached hydrogens (tertiary/aromatic N) is 2. The Hall–Kier alpha value is -2.27. The summed E-state index contributed by atoms with van der Waals surface area (Å²) in [5.74, 6) is 0.707. The fraction of sp³-hybridized carbons (Fsp3) is 0.294. The minimum atomic E-state index is -0.300. The third-order valence-corrected chi connectivity index (χ3v) is 4.04. The Morgan fingerprint density at radius 1 is 1.26 bits per heavy atom. The molecule has 1 aliphatic rings. The van der Waals surface area contributed by atoms with Gasteiger partial charge in [-0.25, -0.2) is 9.78 Å². The van der Waals surface area contributed by atoms with Crippen LogP contribution in [-0.4, -0.2) is 36.2 Å². The highest BCUT2D eigenvalue weighted by molar-refractivity contribution is 6.29. The summed E-state index contributed by atoms with van der Waals surface area (Å²) in [5, 5.41) is 0.393. The summed E-state index contributed by atoms with van der Waals surface area (Å²) < 4.78 is 10.6. The number of methoxy groups -OCH3 is 1. The van der Waals surface area contributed by atoms with Crippen LogP contribution in [0.3, 0.4) is 0 Å². The molecule has 3 rings (SSSR count). The fourth-order valence-electron chi connectivity index (χ4n) is 2.54. The van der Waals surface area contributed by atoms with Gasteiger partial charge < -0.3 is 14.4 Å². The van der Waals surface area contributed by atoms with Crippen LogP contribution in [0, 0.1) is 0 Å². The zero-order valence-electron chi connectivity index (χ0n) is 12.7. The first kappa shape index (κ1) is 15.6. The molecule has 2 heterocycles. The first-order valence-corrected chi connectivity index (χ1v) is 7.71. The van der Waals surface area contributed by atoms with E-state index in [4.69, 9.17) is 21.1 Å². The Kier molecular flexibility index (Phi) is 4.67. The number of halogens is 1. The van der Waals surface area contributed by atoms with Crippen molar-refractivity contribution in [3.05, 3.63) is 58.7 Å². The maximum Gasteiger partial charge on any atom is 0.410 e. The van der Waals surface area contributed by atoms with Gasteiger partial charge in [-0.3, -0.25) is 0 Å². The molecule has 0 atom stereocenters. The van der Waals surface area contributed by atoms with Gasteiger partial charge in [0.05, 0.1) is 7.11 Å². The molecule has 0 N–H and O–H groups in total. The van der Waals surface area contributed by atoms with E-state index in [-0.39, 0.29) is 18.6 Å². The van der Waals surface area contributed by atoms with E-state index in [1.54, 1.807) is 18.1 Å². The first-order valence-electron chi connectivity index (χ1n) is 7.33. The molecule has 2 aromatic rings. The highest BCUT2D eigenvalue weighted by Gasteiger charge is 2.34. The van der Waals surface area contributed by atoms with E-state index in [1.807, 2.05) is 36.4 Å².